The van der Waals surface area contributed by atoms with Gasteiger partial charge in [-0.2, -0.15) is 5.10 Å². The Morgan fingerprint density at radius 2 is 2.33 bits per heavy atom. The first-order chi connectivity index (χ1) is 11.8. The highest BCUT2D eigenvalue weighted by molar-refractivity contribution is 5.83. The van der Waals surface area contributed by atoms with Crippen molar-refractivity contribution >= 4 is 10.9 Å². The van der Waals surface area contributed by atoms with E-state index < -0.39 is 0 Å². The van der Waals surface area contributed by atoms with E-state index in [4.69, 9.17) is 0 Å². The van der Waals surface area contributed by atoms with Crippen LogP contribution in [-0.4, -0.2) is 57.4 Å². The Hall–Kier alpha value is -2.18. The van der Waals surface area contributed by atoms with Gasteiger partial charge in [0.15, 0.2) is 0 Å². The van der Waals surface area contributed by atoms with Gasteiger partial charge in [-0.1, -0.05) is 6.07 Å². The van der Waals surface area contributed by atoms with Crippen molar-refractivity contribution in [3.8, 4) is 0 Å². The molecule has 126 valence electrons. The smallest absolute Gasteiger partial charge is 0.137 e. The van der Waals surface area contributed by atoms with Crippen LogP contribution in [0.25, 0.3) is 10.9 Å². The normalized spacial score (nSPS) is 18.0. The topological polar surface area (TPSA) is 61.8 Å². The molecule has 0 saturated carbocycles. The van der Waals surface area contributed by atoms with Crippen molar-refractivity contribution in [1.29, 1.82) is 0 Å². The van der Waals surface area contributed by atoms with Crippen LogP contribution in [0.4, 0.5) is 0 Å². The second-order valence-corrected chi connectivity index (χ2v) is 6.66. The molecule has 24 heavy (non-hydrogen) atoms. The minimum Gasteiger partial charge on any atom is -0.361 e. The standard InChI is InChI=1S/C18H24N6/c1-23(16-4-6-19-10-16)7-5-15-9-21-18-3-2-14(8-17(15)18)11-24-13-20-12-22-24/h2-3,8-9,12-13,16,19,21H,4-7,10-11H2,1H3/t16-/m1/s1. The summed E-state index contributed by atoms with van der Waals surface area (Å²) in [6, 6.07) is 7.27. The van der Waals surface area contributed by atoms with Crippen LogP contribution >= 0.6 is 0 Å². The number of fused-ring (bicyclic) bond motifs is 1. The summed E-state index contributed by atoms with van der Waals surface area (Å²) in [4.78, 5) is 9.90. The number of hydrogen-bond donors (Lipinski definition) is 2. The first-order valence-electron chi connectivity index (χ1n) is 8.62. The van der Waals surface area contributed by atoms with Gasteiger partial charge in [0.25, 0.3) is 0 Å². The third-order valence-electron chi connectivity index (χ3n) is 5.03. The lowest BCUT2D eigenvalue weighted by atomic mass is 10.1. The van der Waals surface area contributed by atoms with E-state index in [2.05, 4.69) is 56.7 Å². The monoisotopic (exact) mass is 324 g/mol. The molecule has 4 rings (SSSR count). The number of rotatable bonds is 6. The molecule has 0 aliphatic carbocycles. The van der Waals surface area contributed by atoms with Gasteiger partial charge in [-0.25, -0.2) is 9.67 Å². The van der Waals surface area contributed by atoms with Gasteiger partial charge in [-0.15, -0.1) is 0 Å². The fourth-order valence-electron chi connectivity index (χ4n) is 3.53. The first-order valence-corrected chi connectivity index (χ1v) is 8.62. The summed E-state index contributed by atoms with van der Waals surface area (Å²) >= 11 is 0. The lowest BCUT2D eigenvalue weighted by molar-refractivity contribution is 0.260. The SMILES string of the molecule is CN(CCc1c[nH]c2ccc(Cn3cncn3)cc12)[C@@H]1CCNC1. The second-order valence-electron chi connectivity index (χ2n) is 6.66. The number of likely N-dealkylation sites (N-methyl/N-ethyl adjacent to an activating group) is 1. The molecule has 0 radical (unpaired) electrons. The molecule has 0 amide bonds. The molecule has 3 heterocycles. The van der Waals surface area contributed by atoms with Crippen LogP contribution in [0.3, 0.4) is 0 Å². The zero-order valence-corrected chi connectivity index (χ0v) is 14.1. The predicted molar refractivity (Wildman–Crippen MR) is 95.0 cm³/mol. The van der Waals surface area contributed by atoms with E-state index in [1.54, 1.807) is 12.7 Å². The van der Waals surface area contributed by atoms with Gasteiger partial charge in [0.05, 0.1) is 6.54 Å². The molecule has 6 nitrogen and oxygen atoms in total. The number of benzene rings is 1. The molecule has 1 aromatic carbocycles. The van der Waals surface area contributed by atoms with Crippen molar-refractivity contribution in [1.82, 2.24) is 30.0 Å². The number of hydrogen-bond acceptors (Lipinski definition) is 4. The van der Waals surface area contributed by atoms with Crippen LogP contribution in [0.5, 0.6) is 0 Å². The Kier molecular flexibility index (Phi) is 4.32. The van der Waals surface area contributed by atoms with Crippen molar-refractivity contribution in [2.45, 2.75) is 25.4 Å². The summed E-state index contributed by atoms with van der Waals surface area (Å²) in [6.07, 6.45) is 7.82. The van der Waals surface area contributed by atoms with Gasteiger partial charge in [0.1, 0.15) is 12.7 Å². The number of nitrogens with zero attached hydrogens (tertiary/aromatic N) is 4. The maximum absolute atomic E-state index is 4.19. The van der Waals surface area contributed by atoms with Gasteiger partial charge in [0, 0.05) is 36.2 Å². The minimum absolute atomic E-state index is 0.679. The lowest BCUT2D eigenvalue weighted by Gasteiger charge is -2.23. The maximum atomic E-state index is 4.19. The molecule has 1 fully saturated rings. The number of aromatic amines is 1. The zero-order chi connectivity index (χ0) is 16.4. The van der Waals surface area contributed by atoms with E-state index in [-0.39, 0.29) is 0 Å². The molecule has 0 spiro atoms. The molecule has 1 atom stereocenters. The van der Waals surface area contributed by atoms with Gasteiger partial charge in [-0.3, -0.25) is 0 Å². The second kappa shape index (κ2) is 6.75. The van der Waals surface area contributed by atoms with Crippen LogP contribution in [0.15, 0.2) is 37.1 Å². The quantitative estimate of drug-likeness (QED) is 0.724. The summed E-state index contributed by atoms with van der Waals surface area (Å²) in [6.45, 7) is 4.11. The molecule has 2 N–H and O–H groups in total. The molecule has 1 aliphatic heterocycles. The fraction of sp³-hybridized carbons (Fsp3) is 0.444. The van der Waals surface area contributed by atoms with Gasteiger partial charge >= 0.3 is 0 Å². The van der Waals surface area contributed by atoms with Crippen LogP contribution in [0.1, 0.15) is 17.5 Å². The minimum atomic E-state index is 0.679. The fourth-order valence-corrected chi connectivity index (χ4v) is 3.53. The first kappa shape index (κ1) is 15.4. The summed E-state index contributed by atoms with van der Waals surface area (Å²) in [7, 11) is 2.24. The van der Waals surface area contributed by atoms with Crippen LogP contribution < -0.4 is 5.32 Å². The molecule has 1 saturated heterocycles. The van der Waals surface area contributed by atoms with Crippen molar-refractivity contribution in [3.05, 3.63) is 48.2 Å². The molecule has 1 aliphatic rings. The Balaban J connectivity index is 1.48. The largest absolute Gasteiger partial charge is 0.361 e. The Labute approximate surface area is 141 Å². The van der Waals surface area contributed by atoms with Crippen molar-refractivity contribution in [2.24, 2.45) is 0 Å². The van der Waals surface area contributed by atoms with E-state index in [9.17, 15) is 0 Å². The summed E-state index contributed by atoms with van der Waals surface area (Å²) in [5.74, 6) is 0. The summed E-state index contributed by atoms with van der Waals surface area (Å²) in [5.41, 5.74) is 3.85. The van der Waals surface area contributed by atoms with Crippen molar-refractivity contribution in [2.75, 3.05) is 26.7 Å². The molecule has 2 aromatic heterocycles. The van der Waals surface area contributed by atoms with Crippen molar-refractivity contribution < 1.29 is 0 Å². The number of aromatic nitrogens is 4. The van der Waals surface area contributed by atoms with E-state index in [0.29, 0.717) is 6.04 Å². The third-order valence-corrected chi connectivity index (χ3v) is 5.03. The van der Waals surface area contributed by atoms with E-state index in [0.717, 1.165) is 32.6 Å². The number of nitrogens with one attached hydrogen (secondary N) is 2. The van der Waals surface area contributed by atoms with E-state index >= 15 is 0 Å². The highest BCUT2D eigenvalue weighted by atomic mass is 15.3. The average Bonchev–Trinajstić information content (AvgIpc) is 3.34. The van der Waals surface area contributed by atoms with Gasteiger partial charge in [-0.05, 0) is 49.7 Å². The molecule has 0 unspecified atom stereocenters. The van der Waals surface area contributed by atoms with Crippen molar-refractivity contribution in [3.63, 3.8) is 0 Å². The highest BCUT2D eigenvalue weighted by Crippen LogP contribution is 2.21. The lowest BCUT2D eigenvalue weighted by Crippen LogP contribution is -2.34. The number of H-pyrrole nitrogens is 1. The average molecular weight is 324 g/mol. The van der Waals surface area contributed by atoms with Crippen LogP contribution in [0.2, 0.25) is 0 Å². The zero-order valence-electron chi connectivity index (χ0n) is 14.1. The summed E-state index contributed by atoms with van der Waals surface area (Å²) in [5, 5.41) is 8.96. The van der Waals surface area contributed by atoms with Crippen LogP contribution in [-0.2, 0) is 13.0 Å². The van der Waals surface area contributed by atoms with Crippen LogP contribution in [0, 0.1) is 0 Å². The van der Waals surface area contributed by atoms with E-state index in [1.165, 1.54) is 28.5 Å². The molecular weight excluding hydrogens is 300 g/mol. The van der Waals surface area contributed by atoms with Gasteiger partial charge < -0.3 is 15.2 Å². The maximum Gasteiger partial charge on any atom is 0.137 e. The summed E-state index contributed by atoms with van der Waals surface area (Å²) < 4.78 is 1.86. The third kappa shape index (κ3) is 3.20. The van der Waals surface area contributed by atoms with E-state index in [1.807, 2.05) is 4.68 Å². The Bertz CT molecular complexity index is 785. The Morgan fingerprint density at radius 3 is 3.12 bits per heavy atom. The molecule has 3 aromatic rings. The van der Waals surface area contributed by atoms with Gasteiger partial charge in [0.2, 0.25) is 0 Å². The highest BCUT2D eigenvalue weighted by Gasteiger charge is 2.19. The molecular formula is C18H24N6. The Morgan fingerprint density at radius 1 is 1.38 bits per heavy atom. The predicted octanol–water partition coefficient (Wildman–Crippen LogP) is 1.64. The molecule has 0 bridgehead atoms. The molecule has 6 heteroatoms.